The first-order valence-corrected chi connectivity index (χ1v) is 4.47. The summed E-state index contributed by atoms with van der Waals surface area (Å²) in [6.07, 6.45) is 2.34. The van der Waals surface area contributed by atoms with Crippen LogP contribution < -0.4 is 17.0 Å². The molecule has 0 atom stereocenters. The molecule has 1 nitrogen and oxygen atoms in total. The minimum atomic E-state index is 0. The molecule has 1 rings (SSSR count). The molecule has 0 unspecified atom stereocenters. The maximum absolute atomic E-state index is 5.43. The van der Waals surface area contributed by atoms with Gasteiger partial charge in [-0.25, -0.2) is 0 Å². The van der Waals surface area contributed by atoms with E-state index in [0.717, 1.165) is 18.6 Å². The summed E-state index contributed by atoms with van der Waals surface area (Å²) in [7, 11) is 0. The number of unbranched alkanes of at least 4 members (excludes halogenated alkanes) is 1. The third-order valence-electron chi connectivity index (χ3n) is 1.67. The Balaban J connectivity index is 0. The van der Waals surface area contributed by atoms with Crippen molar-refractivity contribution < 1.29 is 21.7 Å². The van der Waals surface area contributed by atoms with Crippen LogP contribution in [-0.4, -0.2) is 29.7 Å². The van der Waals surface area contributed by atoms with Gasteiger partial charge >= 0.3 is 23.1 Å². The molecule has 0 N–H and O–H groups in total. The third-order valence-corrected chi connectivity index (χ3v) is 1.67. The Morgan fingerprint density at radius 1 is 1.36 bits per heavy atom. The van der Waals surface area contributed by atoms with Gasteiger partial charge < -0.3 is 21.7 Å². The molecule has 1 aromatic rings. The zero-order valence-electron chi connectivity index (χ0n) is 8.63. The Bertz CT molecular complexity index is 204. The summed E-state index contributed by atoms with van der Waals surface area (Å²) in [5.74, 6) is 0. The Labute approximate surface area is 113 Å². The van der Waals surface area contributed by atoms with Crippen molar-refractivity contribution >= 4 is 23.1 Å². The topological polar surface area (TPSA) is 9.23 Å². The van der Waals surface area contributed by atoms with E-state index in [1.54, 1.807) is 0 Å². The fraction of sp³-hybridized carbons (Fsp3) is 0.455. The smallest absolute Gasteiger partial charge is 1.00 e. The maximum atomic E-state index is 5.43. The van der Waals surface area contributed by atoms with Crippen molar-refractivity contribution in [1.29, 1.82) is 0 Å². The number of ether oxygens (including phenoxy) is 1. The van der Waals surface area contributed by atoms with Gasteiger partial charge in [-0.1, -0.05) is 13.3 Å². The van der Waals surface area contributed by atoms with Gasteiger partial charge in [0.25, 0.3) is 0 Å². The molecule has 0 radical (unpaired) electrons. The summed E-state index contributed by atoms with van der Waals surface area (Å²) in [5, 5.41) is 0. The third kappa shape index (κ3) is 7.80. The fourth-order valence-electron chi connectivity index (χ4n) is 0.949. The van der Waals surface area contributed by atoms with Gasteiger partial charge in [0.1, 0.15) is 0 Å². The van der Waals surface area contributed by atoms with Crippen LogP contribution in [0.2, 0.25) is 0 Å². The van der Waals surface area contributed by atoms with E-state index < -0.39 is 0 Å². The van der Waals surface area contributed by atoms with Crippen molar-refractivity contribution in [2.24, 2.45) is 0 Å². The first-order valence-electron chi connectivity index (χ1n) is 4.47. The summed E-state index contributed by atoms with van der Waals surface area (Å²) in [4.78, 5) is 0. The minimum absolute atomic E-state index is 0. The van der Waals surface area contributed by atoms with E-state index in [4.69, 9.17) is 4.74 Å². The molecule has 0 saturated carbocycles. The summed E-state index contributed by atoms with van der Waals surface area (Å²) in [6.45, 7) is 3.72. The van der Waals surface area contributed by atoms with E-state index >= 15 is 0 Å². The van der Waals surface area contributed by atoms with Crippen molar-refractivity contribution in [1.82, 2.24) is 0 Å². The molecule has 0 aliphatic carbocycles. The molecule has 0 fully saturated rings. The van der Waals surface area contributed by atoms with Crippen LogP contribution >= 0.6 is 0 Å². The predicted octanol–water partition coefficient (Wildman–Crippen LogP) is -0.573. The molecule has 0 aliphatic rings. The van der Waals surface area contributed by atoms with Gasteiger partial charge in [-0.05, 0) is 6.42 Å². The number of hydrogen-bond acceptors (Lipinski definition) is 1. The van der Waals surface area contributed by atoms with E-state index in [2.05, 4.69) is 13.0 Å². The average Bonchev–Trinajstić information content (AvgIpc) is 2.14. The molecule has 0 aromatic heterocycles. The molecule has 14 heavy (non-hydrogen) atoms. The maximum Gasteiger partial charge on any atom is 2.00 e. The van der Waals surface area contributed by atoms with Gasteiger partial charge in [-0.2, -0.15) is 30.3 Å². The predicted molar refractivity (Wildman–Crippen MR) is 55.6 cm³/mol. The van der Waals surface area contributed by atoms with Crippen LogP contribution in [0.1, 0.15) is 25.3 Å². The summed E-state index contributed by atoms with van der Waals surface area (Å²) in [6, 6.07) is 11.0. The molecule has 0 saturated heterocycles. The monoisotopic (exact) mass is 266 g/mol. The Kier molecular flexibility index (Phi) is 13.8. The molecular weight excluding hydrogens is 252 g/mol. The van der Waals surface area contributed by atoms with Gasteiger partial charge in [-0.15, -0.1) is 5.56 Å². The molecule has 0 spiro atoms. The van der Waals surface area contributed by atoms with Gasteiger partial charge in [-0.3, -0.25) is 0 Å². The normalized spacial score (nSPS) is 8.64. The molecular formula is C11H15BrMgO. The van der Waals surface area contributed by atoms with E-state index in [-0.39, 0.29) is 40.0 Å². The second-order valence-electron chi connectivity index (χ2n) is 2.79. The first kappa shape index (κ1) is 16.8. The van der Waals surface area contributed by atoms with Crippen LogP contribution in [0.15, 0.2) is 24.3 Å². The number of benzene rings is 1. The molecule has 3 heteroatoms. The summed E-state index contributed by atoms with van der Waals surface area (Å²) >= 11 is 0. The average molecular weight is 267 g/mol. The molecule has 74 valence electrons. The summed E-state index contributed by atoms with van der Waals surface area (Å²) in [5.41, 5.74) is 1.13. The van der Waals surface area contributed by atoms with Crippen LogP contribution in [0.4, 0.5) is 0 Å². The second-order valence-corrected chi connectivity index (χ2v) is 2.79. The Morgan fingerprint density at radius 2 is 2.14 bits per heavy atom. The SMILES string of the molecule is CCCCOCc1[c-]cccc1.[Br-].[Mg+2]. The number of halogens is 1. The van der Waals surface area contributed by atoms with Gasteiger partial charge in [0, 0.05) is 13.2 Å². The van der Waals surface area contributed by atoms with Gasteiger partial charge in [0.2, 0.25) is 0 Å². The molecule has 0 aliphatic heterocycles. The molecule has 0 bridgehead atoms. The largest absolute Gasteiger partial charge is 2.00 e. The number of hydrogen-bond donors (Lipinski definition) is 0. The zero-order chi connectivity index (χ0) is 8.65. The van der Waals surface area contributed by atoms with Crippen molar-refractivity contribution in [3.63, 3.8) is 0 Å². The van der Waals surface area contributed by atoms with Crippen LogP contribution in [0.5, 0.6) is 0 Å². The summed E-state index contributed by atoms with van der Waals surface area (Å²) < 4.78 is 5.43. The number of rotatable bonds is 5. The van der Waals surface area contributed by atoms with Crippen LogP contribution in [-0.2, 0) is 11.3 Å². The second kappa shape index (κ2) is 11.5. The van der Waals surface area contributed by atoms with E-state index in [1.165, 1.54) is 6.42 Å². The Hall–Kier alpha value is 0.426. The van der Waals surface area contributed by atoms with Crippen molar-refractivity contribution in [2.75, 3.05) is 6.61 Å². The van der Waals surface area contributed by atoms with E-state index in [1.807, 2.05) is 24.3 Å². The van der Waals surface area contributed by atoms with E-state index in [9.17, 15) is 0 Å². The van der Waals surface area contributed by atoms with Crippen molar-refractivity contribution in [3.8, 4) is 0 Å². The van der Waals surface area contributed by atoms with Gasteiger partial charge in [0.15, 0.2) is 0 Å². The fourth-order valence-corrected chi connectivity index (χ4v) is 0.949. The molecule has 0 amide bonds. The van der Waals surface area contributed by atoms with Crippen molar-refractivity contribution in [2.45, 2.75) is 26.4 Å². The molecule has 0 heterocycles. The zero-order valence-corrected chi connectivity index (χ0v) is 11.6. The Morgan fingerprint density at radius 3 is 2.71 bits per heavy atom. The van der Waals surface area contributed by atoms with Crippen LogP contribution in [0.3, 0.4) is 0 Å². The van der Waals surface area contributed by atoms with Crippen LogP contribution in [0, 0.1) is 6.07 Å². The minimum Gasteiger partial charge on any atom is -1.00 e. The standard InChI is InChI=1S/C11H15O.BrH.Mg/c1-2-3-9-12-10-11-7-5-4-6-8-11;;/h4-7H,2-3,9-10H2,1H3;1H;/q-1;;+2/p-1. The van der Waals surface area contributed by atoms with Gasteiger partial charge in [0.05, 0.1) is 0 Å². The van der Waals surface area contributed by atoms with Crippen LogP contribution in [0.25, 0.3) is 0 Å². The molecule has 1 aromatic carbocycles. The quantitative estimate of drug-likeness (QED) is 0.394. The first-order chi connectivity index (χ1) is 5.93. The van der Waals surface area contributed by atoms with Crippen molar-refractivity contribution in [3.05, 3.63) is 35.9 Å². The van der Waals surface area contributed by atoms with E-state index in [0.29, 0.717) is 6.61 Å².